The quantitative estimate of drug-likeness (QED) is 0.695. The Balaban J connectivity index is 2.94. The number of aryl methyl sites for hydroxylation is 2. The van der Waals surface area contributed by atoms with E-state index in [9.17, 15) is 4.39 Å². The van der Waals surface area contributed by atoms with E-state index in [0.29, 0.717) is 15.7 Å². The van der Waals surface area contributed by atoms with Crippen LogP contribution in [0.1, 0.15) is 11.4 Å². The van der Waals surface area contributed by atoms with Crippen LogP contribution in [-0.2, 0) is 0 Å². The van der Waals surface area contributed by atoms with E-state index in [1.807, 2.05) is 6.92 Å². The highest BCUT2D eigenvalue weighted by atomic mass is 79.9. The lowest BCUT2D eigenvalue weighted by Crippen LogP contribution is -1.93. The number of hydrogen-bond donors (Lipinski definition) is 0. The number of rotatable bonds is 0. The van der Waals surface area contributed by atoms with Crippen LogP contribution in [0.5, 0.6) is 0 Å². The van der Waals surface area contributed by atoms with Gasteiger partial charge in [-0.15, -0.1) is 0 Å². The average molecular weight is 243 g/mol. The average Bonchev–Trinajstić information content (AvgIpc) is 2.27. The fourth-order valence-corrected chi connectivity index (χ4v) is 1.87. The molecule has 2 nitrogen and oxygen atoms in total. The first-order valence-electron chi connectivity index (χ1n) is 3.89. The fourth-order valence-electron chi connectivity index (χ4n) is 1.46. The maximum atomic E-state index is 13.4. The summed E-state index contributed by atoms with van der Waals surface area (Å²) in [6.45, 7) is 3.69. The molecule has 0 aliphatic rings. The highest BCUT2D eigenvalue weighted by Crippen LogP contribution is 2.23. The van der Waals surface area contributed by atoms with Gasteiger partial charge >= 0.3 is 0 Å². The Hall–Kier alpha value is -0.900. The van der Waals surface area contributed by atoms with Crippen molar-refractivity contribution in [2.75, 3.05) is 0 Å². The van der Waals surface area contributed by atoms with E-state index in [1.165, 1.54) is 0 Å². The molecule has 2 aromatic rings. The van der Waals surface area contributed by atoms with Crippen molar-refractivity contribution in [3.05, 3.63) is 34.1 Å². The first-order valence-corrected chi connectivity index (χ1v) is 4.69. The summed E-state index contributed by atoms with van der Waals surface area (Å²) in [6.07, 6.45) is 3.50. The Kier molecular flexibility index (Phi) is 1.87. The minimum atomic E-state index is -0.245. The monoisotopic (exact) mass is 242 g/mol. The zero-order chi connectivity index (χ0) is 9.59. The summed E-state index contributed by atoms with van der Waals surface area (Å²) in [7, 11) is 0. The van der Waals surface area contributed by atoms with E-state index >= 15 is 0 Å². The zero-order valence-electron chi connectivity index (χ0n) is 7.31. The summed E-state index contributed by atoms with van der Waals surface area (Å²) < 4.78 is 15.7. The molecule has 0 unspecified atom stereocenters. The minimum Gasteiger partial charge on any atom is -0.317 e. The van der Waals surface area contributed by atoms with Crippen LogP contribution < -0.4 is 0 Å². The molecule has 0 atom stereocenters. The van der Waals surface area contributed by atoms with Crippen molar-refractivity contribution in [1.29, 1.82) is 0 Å². The molecule has 68 valence electrons. The van der Waals surface area contributed by atoms with Gasteiger partial charge in [-0.3, -0.25) is 4.98 Å². The largest absolute Gasteiger partial charge is 0.317 e. The van der Waals surface area contributed by atoms with E-state index in [-0.39, 0.29) is 5.82 Å². The van der Waals surface area contributed by atoms with Gasteiger partial charge in [-0.1, -0.05) is 0 Å². The van der Waals surface area contributed by atoms with Crippen LogP contribution in [0.3, 0.4) is 0 Å². The van der Waals surface area contributed by atoms with Crippen LogP contribution in [0, 0.1) is 19.7 Å². The highest BCUT2D eigenvalue weighted by Gasteiger charge is 2.11. The third-order valence-electron chi connectivity index (χ3n) is 1.94. The third-order valence-corrected chi connectivity index (χ3v) is 2.49. The van der Waals surface area contributed by atoms with Crippen LogP contribution in [-0.4, -0.2) is 9.38 Å². The maximum Gasteiger partial charge on any atom is 0.164 e. The van der Waals surface area contributed by atoms with Crippen LogP contribution >= 0.6 is 15.9 Å². The first-order chi connectivity index (χ1) is 6.09. The topological polar surface area (TPSA) is 17.3 Å². The lowest BCUT2D eigenvalue weighted by Gasteiger charge is -2.00. The summed E-state index contributed by atoms with van der Waals surface area (Å²) in [6, 6.07) is 0. The number of aromatic nitrogens is 2. The highest BCUT2D eigenvalue weighted by molar-refractivity contribution is 9.10. The molecule has 4 heteroatoms. The van der Waals surface area contributed by atoms with Crippen molar-refractivity contribution in [2.45, 2.75) is 13.8 Å². The second kappa shape index (κ2) is 2.80. The summed E-state index contributed by atoms with van der Waals surface area (Å²) in [5.41, 5.74) is 2.13. The van der Waals surface area contributed by atoms with Crippen LogP contribution in [0.2, 0.25) is 0 Å². The van der Waals surface area contributed by atoms with Crippen LogP contribution in [0.25, 0.3) is 5.52 Å². The smallest absolute Gasteiger partial charge is 0.164 e. The van der Waals surface area contributed by atoms with E-state index in [1.54, 1.807) is 23.7 Å². The summed E-state index contributed by atoms with van der Waals surface area (Å²) >= 11 is 3.14. The van der Waals surface area contributed by atoms with Crippen molar-refractivity contribution in [1.82, 2.24) is 9.38 Å². The molecular formula is C9H8BrFN2. The Morgan fingerprint density at radius 2 is 2.08 bits per heavy atom. The summed E-state index contributed by atoms with van der Waals surface area (Å²) in [5, 5.41) is 0. The Labute approximate surface area is 83.5 Å². The van der Waals surface area contributed by atoms with Crippen molar-refractivity contribution < 1.29 is 4.39 Å². The van der Waals surface area contributed by atoms with Gasteiger partial charge in [-0.05, 0) is 29.8 Å². The molecule has 13 heavy (non-hydrogen) atoms. The molecule has 0 fully saturated rings. The maximum absolute atomic E-state index is 13.4. The van der Waals surface area contributed by atoms with Gasteiger partial charge in [-0.25, -0.2) is 4.39 Å². The molecule has 0 aliphatic heterocycles. The fraction of sp³-hybridized carbons (Fsp3) is 0.222. The van der Waals surface area contributed by atoms with Gasteiger partial charge in [0.25, 0.3) is 0 Å². The Bertz CT molecular complexity index is 476. The van der Waals surface area contributed by atoms with Gasteiger partial charge in [0.2, 0.25) is 0 Å². The molecule has 0 amide bonds. The molecule has 0 radical (unpaired) electrons. The van der Waals surface area contributed by atoms with Gasteiger partial charge in [0, 0.05) is 12.4 Å². The molecule has 0 bridgehead atoms. The first kappa shape index (κ1) is 8.69. The van der Waals surface area contributed by atoms with Gasteiger partial charge in [0.05, 0.1) is 15.9 Å². The standard InChI is InChI=1S/C9H8BrFN2/c1-5-3-13-4-7(10)8(11)9(13)6(2)12-5/h3-4H,1-2H3. The van der Waals surface area contributed by atoms with Gasteiger partial charge in [0.1, 0.15) is 5.52 Å². The second-order valence-corrected chi connectivity index (χ2v) is 3.87. The number of hydrogen-bond acceptors (Lipinski definition) is 1. The predicted octanol–water partition coefficient (Wildman–Crippen LogP) is 2.85. The third kappa shape index (κ3) is 1.25. The lowest BCUT2D eigenvalue weighted by atomic mass is 10.3. The summed E-state index contributed by atoms with van der Waals surface area (Å²) in [5.74, 6) is -0.245. The predicted molar refractivity (Wildman–Crippen MR) is 52.3 cm³/mol. The molecule has 0 N–H and O–H groups in total. The van der Waals surface area contributed by atoms with Gasteiger partial charge in [-0.2, -0.15) is 0 Å². The number of nitrogens with zero attached hydrogens (tertiary/aromatic N) is 2. The van der Waals surface area contributed by atoms with Crippen molar-refractivity contribution in [3.8, 4) is 0 Å². The molecule has 0 saturated carbocycles. The SMILES string of the molecule is Cc1cn2cc(Br)c(F)c2c(C)n1. The van der Waals surface area contributed by atoms with E-state index in [0.717, 1.165) is 5.69 Å². The minimum absolute atomic E-state index is 0.245. The summed E-state index contributed by atoms with van der Waals surface area (Å²) in [4.78, 5) is 4.19. The molecular weight excluding hydrogens is 235 g/mol. The Morgan fingerprint density at radius 1 is 1.38 bits per heavy atom. The lowest BCUT2D eigenvalue weighted by molar-refractivity contribution is 0.633. The number of fused-ring (bicyclic) bond motifs is 1. The van der Waals surface area contributed by atoms with E-state index < -0.39 is 0 Å². The molecule has 2 heterocycles. The molecule has 0 saturated heterocycles. The van der Waals surface area contributed by atoms with Crippen LogP contribution in [0.15, 0.2) is 16.9 Å². The van der Waals surface area contributed by atoms with Crippen molar-refractivity contribution in [3.63, 3.8) is 0 Å². The van der Waals surface area contributed by atoms with E-state index in [2.05, 4.69) is 20.9 Å². The Morgan fingerprint density at radius 3 is 2.77 bits per heavy atom. The zero-order valence-corrected chi connectivity index (χ0v) is 8.89. The molecule has 2 rings (SSSR count). The molecule has 0 aromatic carbocycles. The molecule has 2 aromatic heterocycles. The van der Waals surface area contributed by atoms with Crippen molar-refractivity contribution in [2.24, 2.45) is 0 Å². The van der Waals surface area contributed by atoms with E-state index in [4.69, 9.17) is 0 Å². The van der Waals surface area contributed by atoms with Crippen LogP contribution in [0.4, 0.5) is 4.39 Å². The molecule has 0 spiro atoms. The second-order valence-electron chi connectivity index (χ2n) is 3.01. The number of halogens is 2. The van der Waals surface area contributed by atoms with Gasteiger partial charge in [0.15, 0.2) is 5.82 Å². The van der Waals surface area contributed by atoms with Crippen molar-refractivity contribution >= 4 is 21.4 Å². The van der Waals surface area contributed by atoms with Gasteiger partial charge < -0.3 is 4.40 Å². The normalized spacial score (nSPS) is 11.1. The molecule has 0 aliphatic carbocycles.